The molecule has 4 rings (SSSR count). The van der Waals surface area contributed by atoms with Crippen molar-refractivity contribution >= 4 is 27.5 Å². The van der Waals surface area contributed by atoms with E-state index in [1.54, 1.807) is 50.6 Å². The van der Waals surface area contributed by atoms with Crippen molar-refractivity contribution in [1.82, 2.24) is 5.01 Å². The van der Waals surface area contributed by atoms with Gasteiger partial charge in [-0.3, -0.25) is 4.79 Å². The zero-order chi connectivity index (χ0) is 21.3. The van der Waals surface area contributed by atoms with Crippen LogP contribution in [-0.2, 0) is 0 Å². The van der Waals surface area contributed by atoms with Crippen LogP contribution in [0.5, 0.6) is 11.5 Å². The molecule has 2 aromatic carbocycles. The highest BCUT2D eigenvalue weighted by molar-refractivity contribution is 9.10. The molecule has 1 aromatic heterocycles. The number of ether oxygens (including phenoxy) is 2. The summed E-state index contributed by atoms with van der Waals surface area (Å²) < 4.78 is 30.1. The number of carbonyl (C=O) groups excluding carboxylic acids is 1. The molecule has 0 aliphatic carbocycles. The second-order valence-corrected chi connectivity index (χ2v) is 7.42. The molecule has 6 nitrogen and oxygen atoms in total. The number of amides is 1. The van der Waals surface area contributed by atoms with Crippen LogP contribution in [0.1, 0.15) is 34.1 Å². The summed E-state index contributed by atoms with van der Waals surface area (Å²) >= 11 is 3.22. The quantitative estimate of drug-likeness (QED) is 0.512. The van der Waals surface area contributed by atoms with Gasteiger partial charge in [-0.2, -0.15) is 5.10 Å². The summed E-state index contributed by atoms with van der Waals surface area (Å²) in [5.74, 6) is 0.651. The van der Waals surface area contributed by atoms with E-state index in [1.165, 1.54) is 17.1 Å². The van der Waals surface area contributed by atoms with Gasteiger partial charge < -0.3 is 13.9 Å². The molecule has 8 heteroatoms. The van der Waals surface area contributed by atoms with Crippen LogP contribution in [0.3, 0.4) is 0 Å². The molecular formula is C22H18BrFN2O4. The third-order valence-electron chi connectivity index (χ3n) is 4.88. The Morgan fingerprint density at radius 2 is 1.90 bits per heavy atom. The fourth-order valence-corrected chi connectivity index (χ4v) is 3.70. The summed E-state index contributed by atoms with van der Waals surface area (Å²) in [7, 11) is 3.13. The first kappa shape index (κ1) is 20.2. The Morgan fingerprint density at radius 3 is 2.53 bits per heavy atom. The maximum Gasteiger partial charge on any atom is 0.310 e. The van der Waals surface area contributed by atoms with Crippen LogP contribution in [0.2, 0.25) is 0 Å². The third-order valence-corrected chi connectivity index (χ3v) is 5.31. The lowest BCUT2D eigenvalue weighted by atomic mass is 9.97. The van der Waals surface area contributed by atoms with Crippen molar-refractivity contribution in [1.29, 1.82) is 0 Å². The van der Waals surface area contributed by atoms with Crippen molar-refractivity contribution in [3.63, 3.8) is 0 Å². The maximum absolute atomic E-state index is 13.4. The zero-order valence-corrected chi connectivity index (χ0v) is 17.8. The molecule has 0 unspecified atom stereocenters. The van der Waals surface area contributed by atoms with E-state index in [9.17, 15) is 9.18 Å². The summed E-state index contributed by atoms with van der Waals surface area (Å²) in [5, 5.41) is 5.95. The molecule has 1 amide bonds. The van der Waals surface area contributed by atoms with Gasteiger partial charge in [-0.25, -0.2) is 9.40 Å². The van der Waals surface area contributed by atoms with Gasteiger partial charge in [-0.15, -0.1) is 0 Å². The number of carbonyl (C=O) groups is 1. The molecule has 1 aliphatic heterocycles. The Morgan fingerprint density at radius 1 is 1.13 bits per heavy atom. The van der Waals surface area contributed by atoms with Crippen LogP contribution in [0, 0.1) is 5.82 Å². The number of nitrogens with zero attached hydrogens (tertiary/aromatic N) is 2. The van der Waals surface area contributed by atoms with E-state index in [0.29, 0.717) is 28.3 Å². The number of rotatable bonds is 5. The molecular weight excluding hydrogens is 455 g/mol. The Labute approximate surface area is 181 Å². The SMILES string of the molecule is COc1ccc([C@H]2CC(c3ccc(F)cc3)=NN2C(=O)c2ccc(Br)o2)c(OC)c1. The molecule has 154 valence electrons. The molecule has 2 heterocycles. The van der Waals surface area contributed by atoms with Crippen LogP contribution >= 0.6 is 15.9 Å². The molecule has 3 aromatic rings. The van der Waals surface area contributed by atoms with E-state index >= 15 is 0 Å². The van der Waals surface area contributed by atoms with Crippen molar-refractivity contribution in [3.05, 3.63) is 82.0 Å². The van der Waals surface area contributed by atoms with Gasteiger partial charge >= 0.3 is 5.91 Å². The van der Waals surface area contributed by atoms with Gasteiger partial charge in [0.25, 0.3) is 0 Å². The third kappa shape index (κ3) is 3.82. The van der Waals surface area contributed by atoms with Gasteiger partial charge in [0, 0.05) is 18.1 Å². The molecule has 30 heavy (non-hydrogen) atoms. The number of hydrazone groups is 1. The molecule has 1 aliphatic rings. The molecule has 0 N–H and O–H groups in total. The number of halogens is 2. The second-order valence-electron chi connectivity index (χ2n) is 6.63. The summed E-state index contributed by atoms with van der Waals surface area (Å²) in [6.07, 6.45) is 0.432. The van der Waals surface area contributed by atoms with Crippen LogP contribution in [0.25, 0.3) is 0 Å². The van der Waals surface area contributed by atoms with E-state index in [1.807, 2.05) is 6.07 Å². The van der Waals surface area contributed by atoms with Crippen LogP contribution in [0.4, 0.5) is 4.39 Å². The minimum Gasteiger partial charge on any atom is -0.497 e. The highest BCUT2D eigenvalue weighted by Gasteiger charge is 2.36. The first-order chi connectivity index (χ1) is 14.5. The summed E-state index contributed by atoms with van der Waals surface area (Å²) in [5.41, 5.74) is 2.18. The largest absolute Gasteiger partial charge is 0.497 e. The van der Waals surface area contributed by atoms with E-state index in [0.717, 1.165) is 11.1 Å². The van der Waals surface area contributed by atoms with E-state index < -0.39 is 6.04 Å². The van der Waals surface area contributed by atoms with Gasteiger partial charge in [0.2, 0.25) is 0 Å². The molecule has 0 spiro atoms. The van der Waals surface area contributed by atoms with Crippen LogP contribution in [0.15, 0.2) is 68.8 Å². The lowest BCUT2D eigenvalue weighted by Gasteiger charge is -2.23. The summed E-state index contributed by atoms with van der Waals surface area (Å²) in [4.78, 5) is 13.2. The van der Waals surface area contributed by atoms with Crippen molar-refractivity contribution < 1.29 is 23.1 Å². The topological polar surface area (TPSA) is 64.3 Å². The molecule has 1 atom stereocenters. The lowest BCUT2D eigenvalue weighted by molar-refractivity contribution is 0.0675. The van der Waals surface area contributed by atoms with E-state index in [4.69, 9.17) is 13.9 Å². The highest BCUT2D eigenvalue weighted by atomic mass is 79.9. The normalized spacial score (nSPS) is 15.8. The molecule has 0 saturated heterocycles. The second kappa shape index (κ2) is 8.31. The fraction of sp³-hybridized carbons (Fsp3) is 0.182. The molecule has 0 saturated carbocycles. The smallest absolute Gasteiger partial charge is 0.310 e. The Bertz CT molecular complexity index is 1110. The number of hydrogen-bond donors (Lipinski definition) is 0. The molecule has 0 radical (unpaired) electrons. The Kier molecular flexibility index (Phi) is 5.59. The predicted octanol–water partition coefficient (Wildman–Crippen LogP) is 5.19. The van der Waals surface area contributed by atoms with Crippen LogP contribution in [-0.4, -0.2) is 30.8 Å². The van der Waals surface area contributed by atoms with Gasteiger partial charge in [0.05, 0.1) is 26.0 Å². The van der Waals surface area contributed by atoms with Gasteiger partial charge in [0.1, 0.15) is 17.3 Å². The lowest BCUT2D eigenvalue weighted by Crippen LogP contribution is -2.27. The Hall–Kier alpha value is -3.13. The van der Waals surface area contributed by atoms with Crippen molar-refractivity contribution in [2.45, 2.75) is 12.5 Å². The first-order valence-electron chi connectivity index (χ1n) is 9.14. The summed E-state index contributed by atoms with van der Waals surface area (Å²) in [6, 6.07) is 14.3. The minimum atomic E-state index is -0.428. The fourth-order valence-electron chi connectivity index (χ4n) is 3.39. The van der Waals surface area contributed by atoms with Gasteiger partial charge in [0.15, 0.2) is 10.4 Å². The number of hydrogen-bond acceptors (Lipinski definition) is 5. The predicted molar refractivity (Wildman–Crippen MR) is 112 cm³/mol. The number of methoxy groups -OCH3 is 2. The average molecular weight is 473 g/mol. The standard InChI is InChI=1S/C22H18BrFN2O4/c1-28-15-7-8-16(20(11-15)29-2)18-12-17(13-3-5-14(24)6-4-13)25-26(18)22(27)19-9-10-21(23)30-19/h3-11,18H,12H2,1-2H3/t18-/m1/s1. The van der Waals surface area contributed by atoms with Crippen molar-refractivity contribution in [3.8, 4) is 11.5 Å². The van der Waals surface area contributed by atoms with Crippen molar-refractivity contribution in [2.75, 3.05) is 14.2 Å². The van der Waals surface area contributed by atoms with E-state index in [-0.39, 0.29) is 17.5 Å². The molecule has 0 bridgehead atoms. The molecule has 0 fully saturated rings. The minimum absolute atomic E-state index is 0.156. The monoisotopic (exact) mass is 472 g/mol. The average Bonchev–Trinajstić information content (AvgIpc) is 3.40. The highest BCUT2D eigenvalue weighted by Crippen LogP contribution is 2.40. The van der Waals surface area contributed by atoms with Gasteiger partial charge in [-0.1, -0.05) is 12.1 Å². The number of benzene rings is 2. The maximum atomic E-state index is 13.4. The summed E-state index contributed by atoms with van der Waals surface area (Å²) in [6.45, 7) is 0. The van der Waals surface area contributed by atoms with Gasteiger partial charge in [-0.05, 0) is 57.9 Å². The van der Waals surface area contributed by atoms with Crippen LogP contribution < -0.4 is 9.47 Å². The number of furan rings is 1. The Balaban J connectivity index is 1.76. The van der Waals surface area contributed by atoms with E-state index in [2.05, 4.69) is 21.0 Å². The zero-order valence-electron chi connectivity index (χ0n) is 16.3. The first-order valence-corrected chi connectivity index (χ1v) is 9.93. The van der Waals surface area contributed by atoms with Crippen molar-refractivity contribution in [2.24, 2.45) is 5.10 Å².